The largest absolute Gasteiger partial charge is 0.353 e. The Morgan fingerprint density at radius 2 is 2.05 bits per heavy atom. The second kappa shape index (κ2) is 9.94. The van der Waals surface area contributed by atoms with Crippen molar-refractivity contribution < 1.29 is 17.5 Å². The highest BCUT2D eigenvalue weighted by atomic mass is 32.2. The molecule has 1 N–H and O–H groups in total. The van der Waals surface area contributed by atoms with Crippen molar-refractivity contribution in [3.8, 4) is 0 Å². The van der Waals surface area contributed by atoms with E-state index in [-0.39, 0.29) is 11.7 Å². The van der Waals surface area contributed by atoms with Crippen LogP contribution in [0.25, 0.3) is 0 Å². The highest BCUT2D eigenvalue weighted by Gasteiger charge is 2.13. The molecular weight excluding hydrogens is 268 g/mol. The lowest BCUT2D eigenvalue weighted by Gasteiger charge is -2.15. The molecule has 0 unspecified atom stereocenters. The van der Waals surface area contributed by atoms with E-state index in [2.05, 4.69) is 11.9 Å². The van der Waals surface area contributed by atoms with Gasteiger partial charge in [0.15, 0.2) is 0 Å². The van der Waals surface area contributed by atoms with Crippen molar-refractivity contribution in [2.24, 2.45) is 0 Å². The first-order valence-electron chi connectivity index (χ1n) is 6.45. The summed E-state index contributed by atoms with van der Waals surface area (Å²) in [6.45, 7) is 6.31. The summed E-state index contributed by atoms with van der Waals surface area (Å²) in [7, 11) is -1.87. The number of rotatable bonds is 11. The van der Waals surface area contributed by atoms with E-state index in [9.17, 15) is 13.2 Å². The fourth-order valence-corrected chi connectivity index (χ4v) is 2.51. The van der Waals surface area contributed by atoms with Gasteiger partial charge in [0.2, 0.25) is 5.91 Å². The SMILES string of the molecule is C=CC(=O)NCCCCN(C)OS(=O)(=O)CCCC. The van der Waals surface area contributed by atoms with Gasteiger partial charge in [-0.25, -0.2) is 0 Å². The number of unbranched alkanes of at least 4 members (excludes halogenated alkanes) is 2. The molecule has 112 valence electrons. The zero-order valence-electron chi connectivity index (χ0n) is 11.7. The van der Waals surface area contributed by atoms with E-state index < -0.39 is 10.1 Å². The van der Waals surface area contributed by atoms with Crippen LogP contribution >= 0.6 is 0 Å². The van der Waals surface area contributed by atoms with E-state index in [1.807, 2.05) is 6.92 Å². The highest BCUT2D eigenvalue weighted by molar-refractivity contribution is 7.86. The summed E-state index contributed by atoms with van der Waals surface area (Å²) >= 11 is 0. The molecule has 0 bridgehead atoms. The maximum Gasteiger partial charge on any atom is 0.283 e. The monoisotopic (exact) mass is 292 g/mol. The van der Waals surface area contributed by atoms with Crippen LogP contribution in [0.5, 0.6) is 0 Å². The smallest absolute Gasteiger partial charge is 0.283 e. The molecular formula is C12H24N2O4S. The van der Waals surface area contributed by atoms with Crippen molar-refractivity contribution in [3.05, 3.63) is 12.7 Å². The molecule has 0 aromatic rings. The average Bonchev–Trinajstić information content (AvgIpc) is 2.35. The maximum atomic E-state index is 11.5. The number of hydrogen-bond donors (Lipinski definition) is 1. The Hall–Kier alpha value is -0.920. The zero-order chi connectivity index (χ0) is 14.7. The molecule has 0 aliphatic heterocycles. The van der Waals surface area contributed by atoms with E-state index in [0.29, 0.717) is 19.5 Å². The summed E-state index contributed by atoms with van der Waals surface area (Å²) in [6.07, 6.45) is 4.12. The normalized spacial score (nSPS) is 11.5. The van der Waals surface area contributed by atoms with Gasteiger partial charge in [-0.15, -0.1) is 0 Å². The number of carbonyl (C=O) groups is 1. The second-order valence-corrected chi connectivity index (χ2v) is 5.92. The minimum atomic E-state index is -3.46. The predicted molar refractivity (Wildman–Crippen MR) is 74.9 cm³/mol. The molecule has 0 heterocycles. The standard InChI is InChI=1S/C12H24N2O4S/c1-4-6-11-19(16,17)18-14(3)10-8-7-9-13-12(15)5-2/h5H,2,4,6-11H2,1,3H3,(H,13,15). The number of hydrogen-bond acceptors (Lipinski definition) is 5. The van der Waals surface area contributed by atoms with Crippen LogP contribution in [0.1, 0.15) is 32.6 Å². The molecule has 0 atom stereocenters. The van der Waals surface area contributed by atoms with Gasteiger partial charge in [-0.1, -0.05) is 19.9 Å². The Labute approximate surface area is 115 Å². The lowest BCUT2D eigenvalue weighted by atomic mass is 10.3. The van der Waals surface area contributed by atoms with Gasteiger partial charge in [0.25, 0.3) is 10.1 Å². The first kappa shape index (κ1) is 18.1. The lowest BCUT2D eigenvalue weighted by Crippen LogP contribution is -2.27. The molecule has 1 amide bonds. The third-order valence-electron chi connectivity index (χ3n) is 2.37. The molecule has 0 saturated heterocycles. The molecule has 0 rings (SSSR count). The quantitative estimate of drug-likeness (QED) is 0.350. The Morgan fingerprint density at radius 3 is 2.63 bits per heavy atom. The molecule has 0 radical (unpaired) electrons. The summed E-state index contributed by atoms with van der Waals surface area (Å²) in [4.78, 5) is 10.9. The van der Waals surface area contributed by atoms with Crippen molar-refractivity contribution >= 4 is 16.0 Å². The number of carbonyl (C=O) groups excluding carboxylic acids is 1. The van der Waals surface area contributed by atoms with Crippen LogP contribution in [-0.4, -0.2) is 45.3 Å². The highest BCUT2D eigenvalue weighted by Crippen LogP contribution is 2.03. The maximum absolute atomic E-state index is 11.5. The Balaban J connectivity index is 3.72. The number of hydroxylamine groups is 2. The van der Waals surface area contributed by atoms with Crippen molar-refractivity contribution in [2.75, 3.05) is 25.9 Å². The van der Waals surface area contributed by atoms with Gasteiger partial charge in [0, 0.05) is 20.1 Å². The third kappa shape index (κ3) is 10.7. The summed E-state index contributed by atoms with van der Waals surface area (Å²) in [5.41, 5.74) is 0. The van der Waals surface area contributed by atoms with Crippen LogP contribution in [0.2, 0.25) is 0 Å². The van der Waals surface area contributed by atoms with E-state index in [1.165, 1.54) is 11.1 Å². The molecule has 19 heavy (non-hydrogen) atoms. The third-order valence-corrected chi connectivity index (χ3v) is 3.64. The van der Waals surface area contributed by atoms with Crippen molar-refractivity contribution in [3.63, 3.8) is 0 Å². The van der Waals surface area contributed by atoms with Crippen molar-refractivity contribution in [1.82, 2.24) is 10.4 Å². The van der Waals surface area contributed by atoms with Crippen LogP contribution in [0.15, 0.2) is 12.7 Å². The van der Waals surface area contributed by atoms with Gasteiger partial charge in [0.05, 0.1) is 5.75 Å². The first-order chi connectivity index (χ1) is 8.91. The predicted octanol–water partition coefficient (Wildman–Crippen LogP) is 1.06. The van der Waals surface area contributed by atoms with Gasteiger partial charge in [0.1, 0.15) is 0 Å². The summed E-state index contributed by atoms with van der Waals surface area (Å²) in [5, 5.41) is 3.97. The van der Waals surface area contributed by atoms with Gasteiger partial charge in [-0.2, -0.15) is 17.8 Å². The number of amides is 1. The Morgan fingerprint density at radius 1 is 1.37 bits per heavy atom. The Kier molecular flexibility index (Phi) is 9.46. The van der Waals surface area contributed by atoms with Crippen LogP contribution in [0.3, 0.4) is 0 Å². The molecule has 7 heteroatoms. The van der Waals surface area contributed by atoms with E-state index in [1.54, 1.807) is 7.05 Å². The minimum absolute atomic E-state index is 0.0449. The zero-order valence-corrected chi connectivity index (χ0v) is 12.5. The van der Waals surface area contributed by atoms with Gasteiger partial charge < -0.3 is 5.32 Å². The second-order valence-electron chi connectivity index (χ2n) is 4.24. The molecule has 0 fully saturated rings. The average molecular weight is 292 g/mol. The fourth-order valence-electron chi connectivity index (χ4n) is 1.33. The molecule has 0 aliphatic rings. The van der Waals surface area contributed by atoms with Crippen molar-refractivity contribution in [1.29, 1.82) is 0 Å². The summed E-state index contributed by atoms with van der Waals surface area (Å²) < 4.78 is 27.9. The van der Waals surface area contributed by atoms with Crippen LogP contribution < -0.4 is 5.32 Å². The molecule has 0 aliphatic carbocycles. The minimum Gasteiger partial charge on any atom is -0.353 e. The molecule has 6 nitrogen and oxygen atoms in total. The molecule has 0 aromatic heterocycles. The number of nitrogens with zero attached hydrogens (tertiary/aromatic N) is 1. The van der Waals surface area contributed by atoms with Gasteiger partial charge in [-0.3, -0.25) is 4.79 Å². The fraction of sp³-hybridized carbons (Fsp3) is 0.750. The van der Waals surface area contributed by atoms with Gasteiger partial charge in [-0.05, 0) is 25.3 Å². The van der Waals surface area contributed by atoms with Crippen molar-refractivity contribution in [2.45, 2.75) is 32.6 Å². The van der Waals surface area contributed by atoms with E-state index in [0.717, 1.165) is 19.3 Å². The summed E-state index contributed by atoms with van der Waals surface area (Å²) in [5.74, 6) is -0.157. The van der Waals surface area contributed by atoms with Crippen LogP contribution in [0, 0.1) is 0 Å². The van der Waals surface area contributed by atoms with E-state index in [4.69, 9.17) is 4.28 Å². The molecule has 0 aromatic carbocycles. The van der Waals surface area contributed by atoms with E-state index >= 15 is 0 Å². The lowest BCUT2D eigenvalue weighted by molar-refractivity contribution is -0.116. The van der Waals surface area contributed by atoms with Crippen LogP contribution in [0.4, 0.5) is 0 Å². The Bertz CT molecular complexity index is 368. The molecule has 0 saturated carbocycles. The number of nitrogens with one attached hydrogen (secondary N) is 1. The molecule has 0 spiro atoms. The van der Waals surface area contributed by atoms with Crippen LogP contribution in [-0.2, 0) is 19.2 Å². The van der Waals surface area contributed by atoms with Gasteiger partial charge >= 0.3 is 0 Å². The summed E-state index contributed by atoms with van der Waals surface area (Å²) in [6, 6.07) is 0. The first-order valence-corrected chi connectivity index (χ1v) is 8.02. The topological polar surface area (TPSA) is 75.7 Å².